The van der Waals surface area contributed by atoms with Crippen molar-refractivity contribution in [2.75, 3.05) is 39.6 Å². The third-order valence-electron chi connectivity index (χ3n) is 3.09. The van der Waals surface area contributed by atoms with Crippen LogP contribution in [0.3, 0.4) is 0 Å². The molecule has 2 aromatic rings. The van der Waals surface area contributed by atoms with Crippen molar-refractivity contribution >= 4 is 18.6 Å². The molecule has 0 amide bonds. The number of benzene rings is 2. The van der Waals surface area contributed by atoms with Gasteiger partial charge < -0.3 is 24.0 Å². The van der Waals surface area contributed by atoms with E-state index >= 15 is 0 Å². The Labute approximate surface area is 140 Å². The van der Waals surface area contributed by atoms with Gasteiger partial charge in [0.2, 0.25) is 0 Å². The Morgan fingerprint density at radius 2 is 1.42 bits per heavy atom. The molecule has 7 nitrogen and oxygen atoms in total. The maximum absolute atomic E-state index is 10.4. The maximum atomic E-state index is 10.4. The molecule has 132 valence electrons. The van der Waals surface area contributed by atoms with Crippen LogP contribution in [0.25, 0.3) is 10.8 Å². The predicted octanol–water partition coefficient (Wildman–Crippen LogP) is 2.36. The summed E-state index contributed by atoms with van der Waals surface area (Å²) in [5.41, 5.74) is 0. The van der Waals surface area contributed by atoms with Crippen molar-refractivity contribution in [2.45, 2.75) is 0 Å². The summed E-state index contributed by atoms with van der Waals surface area (Å²) in [5.74, 6) is 0.822. The van der Waals surface area contributed by atoms with Gasteiger partial charge in [-0.3, -0.25) is 4.52 Å². The highest BCUT2D eigenvalue weighted by Gasteiger charge is 2.12. The highest BCUT2D eigenvalue weighted by Crippen LogP contribution is 2.35. The minimum atomic E-state index is -4.41. The molecule has 0 fully saturated rings. The number of hydrogen-bond acceptors (Lipinski definition) is 5. The summed E-state index contributed by atoms with van der Waals surface area (Å²) in [6.07, 6.45) is 0. The number of hydrogen-bond donors (Lipinski definition) is 2. The minimum absolute atomic E-state index is 0.0982. The predicted molar refractivity (Wildman–Crippen MR) is 89.1 cm³/mol. The average Bonchev–Trinajstić information content (AvgIpc) is 2.55. The zero-order valence-electron chi connectivity index (χ0n) is 13.2. The largest absolute Gasteiger partial charge is 0.491 e. The summed E-state index contributed by atoms with van der Waals surface area (Å²) in [7, 11) is -4.41. The van der Waals surface area contributed by atoms with Gasteiger partial charge in [-0.25, -0.2) is 4.57 Å². The number of ether oxygens (including phenoxy) is 3. The van der Waals surface area contributed by atoms with Crippen LogP contribution in [-0.2, 0) is 18.6 Å². The first-order chi connectivity index (χ1) is 11.6. The lowest BCUT2D eigenvalue weighted by molar-refractivity contribution is 0.0242. The molecule has 0 saturated heterocycles. The van der Waals surface area contributed by atoms with Crippen LogP contribution in [0.4, 0.5) is 0 Å². The van der Waals surface area contributed by atoms with Crippen LogP contribution in [0.5, 0.6) is 5.75 Å². The topological polar surface area (TPSA) is 94.5 Å². The third kappa shape index (κ3) is 6.97. The van der Waals surface area contributed by atoms with Crippen molar-refractivity contribution in [1.82, 2.24) is 0 Å². The lowest BCUT2D eigenvalue weighted by Gasteiger charge is -2.10. The first kappa shape index (κ1) is 18.9. The van der Waals surface area contributed by atoms with E-state index in [2.05, 4.69) is 4.52 Å². The molecular weight excluding hydrogens is 335 g/mol. The summed E-state index contributed by atoms with van der Waals surface area (Å²) in [5, 5.41) is 2.19. The van der Waals surface area contributed by atoms with Crippen molar-refractivity contribution in [3.8, 4) is 5.75 Å². The van der Waals surface area contributed by atoms with Gasteiger partial charge in [0.25, 0.3) is 0 Å². The Morgan fingerprint density at radius 1 is 0.792 bits per heavy atom. The van der Waals surface area contributed by atoms with E-state index in [9.17, 15) is 4.57 Å². The molecule has 0 spiro atoms. The van der Waals surface area contributed by atoms with Crippen LogP contribution in [0.1, 0.15) is 0 Å². The zero-order chi connectivity index (χ0) is 17.3. The van der Waals surface area contributed by atoms with Crippen LogP contribution in [-0.4, -0.2) is 49.4 Å². The lowest BCUT2D eigenvalue weighted by atomic mass is 10.1. The van der Waals surface area contributed by atoms with E-state index in [1.54, 1.807) is 0 Å². The Kier molecular flexibility index (Phi) is 7.65. The van der Waals surface area contributed by atoms with Crippen molar-refractivity contribution in [3.63, 3.8) is 0 Å². The summed E-state index contributed by atoms with van der Waals surface area (Å²) in [6, 6.07) is 13.9. The Balaban J connectivity index is 1.55. The highest BCUT2D eigenvalue weighted by atomic mass is 31.2. The molecule has 8 heteroatoms. The van der Waals surface area contributed by atoms with Crippen LogP contribution in [0, 0.1) is 0 Å². The quantitative estimate of drug-likeness (QED) is 0.471. The van der Waals surface area contributed by atoms with Crippen molar-refractivity contribution in [2.24, 2.45) is 0 Å². The number of phosphoric ester groups is 1. The first-order valence-electron chi connectivity index (χ1n) is 7.52. The van der Waals surface area contributed by atoms with Crippen LogP contribution >= 0.6 is 7.82 Å². The summed E-state index contributed by atoms with van der Waals surface area (Å²) in [6.45, 7) is 1.48. The van der Waals surface area contributed by atoms with E-state index in [-0.39, 0.29) is 13.2 Å². The van der Waals surface area contributed by atoms with Crippen LogP contribution < -0.4 is 4.74 Å². The normalized spacial score (nSPS) is 11.8. The molecule has 0 bridgehead atoms. The first-order valence-corrected chi connectivity index (χ1v) is 9.05. The third-order valence-corrected chi connectivity index (χ3v) is 3.61. The summed E-state index contributed by atoms with van der Waals surface area (Å²) >= 11 is 0. The van der Waals surface area contributed by atoms with E-state index in [0.29, 0.717) is 26.4 Å². The van der Waals surface area contributed by atoms with E-state index in [4.69, 9.17) is 24.0 Å². The molecule has 2 aromatic carbocycles. The van der Waals surface area contributed by atoms with Gasteiger partial charge in [0.1, 0.15) is 12.4 Å². The standard InChI is InChI=1S/C16H21O7P/c17-24(18,19)23-13-11-21-9-8-20-10-12-22-16-7-3-5-14-4-1-2-6-15(14)16/h1-7H,8-13H2,(H2,17,18,19). The second kappa shape index (κ2) is 9.74. The smallest absolute Gasteiger partial charge is 0.469 e. The molecule has 0 atom stereocenters. The molecule has 0 aliphatic rings. The fraction of sp³-hybridized carbons (Fsp3) is 0.375. The van der Waals surface area contributed by atoms with E-state index in [1.165, 1.54) is 0 Å². The van der Waals surface area contributed by atoms with E-state index < -0.39 is 7.82 Å². The maximum Gasteiger partial charge on any atom is 0.469 e. The van der Waals surface area contributed by atoms with Crippen molar-refractivity contribution < 1.29 is 33.1 Å². The molecule has 0 saturated carbocycles. The molecule has 0 aromatic heterocycles. The highest BCUT2D eigenvalue weighted by molar-refractivity contribution is 7.46. The van der Waals surface area contributed by atoms with Gasteiger partial charge >= 0.3 is 7.82 Å². The second-order valence-corrected chi connectivity index (χ2v) is 6.11. The minimum Gasteiger partial charge on any atom is -0.491 e. The molecule has 2 N–H and O–H groups in total. The summed E-state index contributed by atoms with van der Waals surface area (Å²) < 4.78 is 30.9. The Morgan fingerprint density at radius 3 is 2.17 bits per heavy atom. The van der Waals surface area contributed by atoms with Crippen molar-refractivity contribution in [3.05, 3.63) is 42.5 Å². The molecule has 0 heterocycles. The average molecular weight is 356 g/mol. The number of fused-ring (bicyclic) bond motifs is 1. The van der Waals surface area contributed by atoms with Gasteiger partial charge in [0.15, 0.2) is 0 Å². The molecular formula is C16H21O7P. The second-order valence-electron chi connectivity index (χ2n) is 4.87. The van der Waals surface area contributed by atoms with E-state index in [0.717, 1.165) is 16.5 Å². The van der Waals surface area contributed by atoms with Crippen LogP contribution in [0.15, 0.2) is 42.5 Å². The SMILES string of the molecule is O=P(O)(O)OCCOCCOCCOc1cccc2ccccc12. The number of phosphoric acid groups is 1. The zero-order valence-corrected chi connectivity index (χ0v) is 14.1. The Hall–Kier alpha value is -1.47. The van der Waals surface area contributed by atoms with Gasteiger partial charge in [0, 0.05) is 5.39 Å². The van der Waals surface area contributed by atoms with Crippen LogP contribution in [0.2, 0.25) is 0 Å². The van der Waals surface area contributed by atoms with Gasteiger partial charge in [-0.15, -0.1) is 0 Å². The molecule has 0 aliphatic heterocycles. The monoisotopic (exact) mass is 356 g/mol. The number of rotatable bonds is 11. The van der Waals surface area contributed by atoms with Gasteiger partial charge in [0.05, 0.1) is 33.0 Å². The molecule has 0 radical (unpaired) electrons. The lowest BCUT2D eigenvalue weighted by Crippen LogP contribution is -2.12. The molecule has 24 heavy (non-hydrogen) atoms. The Bertz CT molecular complexity index is 665. The van der Waals surface area contributed by atoms with E-state index in [1.807, 2.05) is 42.5 Å². The fourth-order valence-corrected chi connectivity index (χ4v) is 2.38. The molecule has 0 unspecified atom stereocenters. The van der Waals surface area contributed by atoms with Crippen molar-refractivity contribution in [1.29, 1.82) is 0 Å². The van der Waals surface area contributed by atoms with Gasteiger partial charge in [-0.2, -0.15) is 0 Å². The van der Waals surface area contributed by atoms with Gasteiger partial charge in [-0.05, 0) is 11.5 Å². The molecule has 0 aliphatic carbocycles. The fourth-order valence-electron chi connectivity index (χ4n) is 2.07. The summed E-state index contributed by atoms with van der Waals surface area (Å²) in [4.78, 5) is 16.9. The van der Waals surface area contributed by atoms with Gasteiger partial charge in [-0.1, -0.05) is 36.4 Å². The molecule has 2 rings (SSSR count).